The summed E-state index contributed by atoms with van der Waals surface area (Å²) in [6.07, 6.45) is 0.645. The van der Waals surface area contributed by atoms with Gasteiger partial charge in [-0.3, -0.25) is 4.79 Å². The number of H-pyrrole nitrogens is 2. The summed E-state index contributed by atoms with van der Waals surface area (Å²) in [5.41, 5.74) is 0.327. The second-order valence-electron chi connectivity index (χ2n) is 10.3. The zero-order valence-corrected chi connectivity index (χ0v) is 24.8. The summed E-state index contributed by atoms with van der Waals surface area (Å²) < 4.78 is 44.5. The minimum atomic E-state index is -4.74. The molecule has 2 aromatic heterocycles. The fraction of sp³-hybridized carbons (Fsp3) is 0.414. The molecular formula is C29H27Cl4F3N2O3. The van der Waals surface area contributed by atoms with E-state index in [1.807, 2.05) is 6.07 Å². The van der Waals surface area contributed by atoms with Gasteiger partial charge in [-0.25, -0.2) is 0 Å². The summed E-state index contributed by atoms with van der Waals surface area (Å²) >= 11 is 24.0. The van der Waals surface area contributed by atoms with Crippen LogP contribution in [0.2, 0.25) is 20.1 Å². The predicted molar refractivity (Wildman–Crippen MR) is 157 cm³/mol. The highest BCUT2D eigenvalue weighted by Crippen LogP contribution is 2.49. The van der Waals surface area contributed by atoms with Gasteiger partial charge in [0.15, 0.2) is 5.78 Å². The number of alkyl halides is 3. The quantitative estimate of drug-likeness (QED) is 0.178. The summed E-state index contributed by atoms with van der Waals surface area (Å²) in [6, 6.07) is 6.87. The standard InChI is InChI=1S/C13H10Cl2F3NO.C12H9Cl2NO.C4H8O/c14-8-4-3-6-7-2-1-5-12(20,13(16,17)18)11(7)19-10(6)9(8)15;13-8-5-4-7-6-2-1-3-9(16)11(6)15-12(7)10(8)14;1-2-4-5-3-1/h3-4,19-20H,1-2,5H2;4-5,15H,1-3H2;1-4H2. The highest BCUT2D eigenvalue weighted by Gasteiger charge is 2.57. The average molecular weight is 650 g/mol. The zero-order valence-electron chi connectivity index (χ0n) is 21.8. The SMILES string of the molecule is C1CCOC1.O=C1CCCc2c1[nH]c1c(Cl)c(Cl)ccc21.OC1(C(F)(F)F)CCCc2c1[nH]c1c(Cl)c(Cl)ccc21. The molecule has 12 heteroatoms. The van der Waals surface area contributed by atoms with Crippen LogP contribution in [0.4, 0.5) is 13.2 Å². The molecule has 2 aliphatic carbocycles. The van der Waals surface area contributed by atoms with E-state index >= 15 is 0 Å². The number of rotatable bonds is 0. The van der Waals surface area contributed by atoms with Crippen LogP contribution in [-0.2, 0) is 23.2 Å². The van der Waals surface area contributed by atoms with Crippen LogP contribution in [0.15, 0.2) is 24.3 Å². The summed E-state index contributed by atoms with van der Waals surface area (Å²) in [5, 5.41) is 13.1. The minimum absolute atomic E-state index is 0.170. The van der Waals surface area contributed by atoms with Gasteiger partial charge in [0.2, 0.25) is 5.60 Å². The summed E-state index contributed by atoms with van der Waals surface area (Å²) in [4.78, 5) is 17.5. The van der Waals surface area contributed by atoms with Crippen LogP contribution in [0, 0.1) is 0 Å². The van der Waals surface area contributed by atoms with Crippen molar-refractivity contribution in [1.82, 2.24) is 9.97 Å². The molecule has 1 fully saturated rings. The average Bonchev–Trinajstić information content (AvgIpc) is 3.70. The monoisotopic (exact) mass is 648 g/mol. The number of nitrogens with one attached hydrogen (secondary N) is 2. The zero-order chi connectivity index (χ0) is 29.5. The van der Waals surface area contributed by atoms with E-state index in [1.165, 1.54) is 12.8 Å². The number of aliphatic hydroxyl groups is 1. The predicted octanol–water partition coefficient (Wildman–Crippen LogP) is 9.35. The van der Waals surface area contributed by atoms with Crippen molar-refractivity contribution in [1.29, 1.82) is 0 Å². The Hall–Kier alpha value is -1.94. The number of aromatic nitrogens is 2. The Balaban J connectivity index is 0.000000143. The molecule has 5 nitrogen and oxygen atoms in total. The molecule has 3 heterocycles. The molecule has 41 heavy (non-hydrogen) atoms. The van der Waals surface area contributed by atoms with Crippen molar-refractivity contribution in [2.75, 3.05) is 13.2 Å². The summed E-state index contributed by atoms with van der Waals surface area (Å²) in [7, 11) is 0. The van der Waals surface area contributed by atoms with E-state index in [1.54, 1.807) is 18.2 Å². The molecule has 3 aliphatic rings. The number of halogens is 7. The smallest absolute Gasteiger partial charge is 0.381 e. The lowest BCUT2D eigenvalue weighted by atomic mass is 9.82. The molecule has 0 radical (unpaired) electrons. The number of benzene rings is 2. The molecule has 1 unspecified atom stereocenters. The van der Waals surface area contributed by atoms with Gasteiger partial charge < -0.3 is 19.8 Å². The Kier molecular flexibility index (Phi) is 8.92. The van der Waals surface area contributed by atoms with Crippen LogP contribution in [0.1, 0.15) is 65.8 Å². The molecular weight excluding hydrogens is 623 g/mol. The number of fused-ring (bicyclic) bond motifs is 6. The van der Waals surface area contributed by atoms with E-state index in [-0.39, 0.29) is 34.4 Å². The van der Waals surface area contributed by atoms with Gasteiger partial charge in [0.1, 0.15) is 0 Å². The third-order valence-corrected chi connectivity index (χ3v) is 9.34. The fourth-order valence-corrected chi connectivity index (χ4v) is 6.36. The topological polar surface area (TPSA) is 78.1 Å². The molecule has 1 aliphatic heterocycles. The van der Waals surface area contributed by atoms with Crippen molar-refractivity contribution in [3.63, 3.8) is 0 Å². The molecule has 1 saturated heterocycles. The van der Waals surface area contributed by atoms with Gasteiger partial charge in [0, 0.05) is 30.4 Å². The van der Waals surface area contributed by atoms with E-state index in [4.69, 9.17) is 51.1 Å². The van der Waals surface area contributed by atoms with Crippen LogP contribution >= 0.6 is 46.4 Å². The highest BCUT2D eigenvalue weighted by molar-refractivity contribution is 6.45. The Bertz CT molecular complexity index is 1600. The lowest BCUT2D eigenvalue weighted by Gasteiger charge is -2.33. The first-order valence-electron chi connectivity index (χ1n) is 13.3. The van der Waals surface area contributed by atoms with Gasteiger partial charge in [-0.2, -0.15) is 13.2 Å². The van der Waals surface area contributed by atoms with E-state index in [0.717, 1.165) is 42.5 Å². The van der Waals surface area contributed by atoms with Crippen LogP contribution < -0.4 is 0 Å². The van der Waals surface area contributed by atoms with E-state index in [2.05, 4.69) is 9.97 Å². The van der Waals surface area contributed by atoms with E-state index in [9.17, 15) is 23.1 Å². The van der Waals surface area contributed by atoms with Gasteiger partial charge in [-0.1, -0.05) is 58.5 Å². The number of Topliss-reactive ketones (excluding diaryl/α,β-unsaturated/α-hetero) is 1. The minimum Gasteiger partial charge on any atom is -0.381 e. The Labute approximate surface area is 254 Å². The highest BCUT2D eigenvalue weighted by atomic mass is 35.5. The molecule has 4 aromatic rings. The third kappa shape index (κ3) is 5.71. The first-order valence-corrected chi connectivity index (χ1v) is 14.8. The first kappa shape index (κ1) is 30.5. The molecule has 0 bridgehead atoms. The van der Waals surface area contributed by atoms with Crippen molar-refractivity contribution in [2.45, 2.75) is 63.1 Å². The van der Waals surface area contributed by atoms with Crippen molar-refractivity contribution in [2.24, 2.45) is 0 Å². The number of hydrogen-bond acceptors (Lipinski definition) is 3. The number of carbonyl (C=O) groups is 1. The van der Waals surface area contributed by atoms with Crippen LogP contribution in [-0.4, -0.2) is 40.2 Å². The molecule has 2 aromatic carbocycles. The van der Waals surface area contributed by atoms with Crippen molar-refractivity contribution in [3.8, 4) is 0 Å². The van der Waals surface area contributed by atoms with Crippen molar-refractivity contribution >= 4 is 74.0 Å². The lowest BCUT2D eigenvalue weighted by Crippen LogP contribution is -2.45. The second kappa shape index (κ2) is 12.0. The summed E-state index contributed by atoms with van der Waals surface area (Å²) in [6.45, 7) is 2.00. The fourth-order valence-electron chi connectivity index (χ4n) is 5.62. The third-order valence-electron chi connectivity index (χ3n) is 7.73. The van der Waals surface area contributed by atoms with E-state index in [0.29, 0.717) is 45.0 Å². The first-order chi connectivity index (χ1) is 19.4. The molecule has 220 valence electrons. The number of hydrogen-bond donors (Lipinski definition) is 3. The Morgan fingerprint density at radius 3 is 1.90 bits per heavy atom. The number of ether oxygens (including phenoxy) is 1. The second-order valence-corrected chi connectivity index (χ2v) is 11.9. The van der Waals surface area contributed by atoms with Gasteiger partial charge in [-0.15, -0.1) is 0 Å². The Morgan fingerprint density at radius 2 is 1.34 bits per heavy atom. The Morgan fingerprint density at radius 1 is 0.780 bits per heavy atom. The lowest BCUT2D eigenvalue weighted by molar-refractivity contribution is -0.272. The normalized spacial score (nSPS) is 20.2. The maximum absolute atomic E-state index is 13.2. The molecule has 0 amide bonds. The van der Waals surface area contributed by atoms with Crippen LogP contribution in [0.3, 0.4) is 0 Å². The maximum atomic E-state index is 13.2. The van der Waals surface area contributed by atoms with Gasteiger partial charge in [-0.05, 0) is 68.2 Å². The van der Waals surface area contributed by atoms with Crippen molar-refractivity contribution < 1.29 is 27.8 Å². The van der Waals surface area contributed by atoms with Gasteiger partial charge in [0.05, 0.1) is 42.5 Å². The number of aromatic amines is 2. The van der Waals surface area contributed by atoms with E-state index < -0.39 is 11.8 Å². The molecule has 0 spiro atoms. The largest absolute Gasteiger partial charge is 0.422 e. The van der Waals surface area contributed by atoms with Crippen LogP contribution in [0.5, 0.6) is 0 Å². The number of ketones is 1. The molecule has 7 rings (SSSR count). The molecule has 0 saturated carbocycles. The number of aryl methyl sites for hydroxylation is 2. The summed E-state index contributed by atoms with van der Waals surface area (Å²) in [5.74, 6) is 0.171. The van der Waals surface area contributed by atoms with Gasteiger partial charge >= 0.3 is 6.18 Å². The molecule has 3 N–H and O–H groups in total. The molecule has 1 atom stereocenters. The maximum Gasteiger partial charge on any atom is 0.422 e. The van der Waals surface area contributed by atoms with Gasteiger partial charge in [0.25, 0.3) is 0 Å². The number of carbonyl (C=O) groups excluding carboxylic acids is 1. The van der Waals surface area contributed by atoms with Crippen molar-refractivity contribution in [3.05, 3.63) is 66.9 Å². The van der Waals surface area contributed by atoms with Crippen LogP contribution in [0.25, 0.3) is 21.8 Å².